The number of rotatable bonds is 4. The van der Waals surface area contributed by atoms with Crippen LogP contribution in [0, 0.1) is 13.8 Å². The molecule has 0 amide bonds. The quantitative estimate of drug-likeness (QED) is 0.671. The second-order valence-corrected chi connectivity index (χ2v) is 3.57. The number of aliphatic hydroxyl groups is 1. The van der Waals surface area contributed by atoms with E-state index in [0.717, 1.165) is 5.69 Å². The van der Waals surface area contributed by atoms with Crippen LogP contribution < -0.4 is 11.1 Å². The molecule has 0 aromatic heterocycles. The van der Waals surface area contributed by atoms with Gasteiger partial charge < -0.3 is 16.2 Å². The molecule has 0 heterocycles. The smallest absolute Gasteiger partial charge is 0.0834 e. The van der Waals surface area contributed by atoms with E-state index in [1.807, 2.05) is 6.07 Å². The molecule has 0 aliphatic heterocycles. The number of benzene rings is 1. The highest BCUT2D eigenvalue weighted by atomic mass is 16.3. The van der Waals surface area contributed by atoms with Gasteiger partial charge in [-0.05, 0) is 37.1 Å². The summed E-state index contributed by atoms with van der Waals surface area (Å²) in [6.45, 7) is 4.94. The largest absolute Gasteiger partial charge is 0.390 e. The first-order valence-corrected chi connectivity index (χ1v) is 4.82. The van der Waals surface area contributed by atoms with Gasteiger partial charge >= 0.3 is 0 Å². The van der Waals surface area contributed by atoms with Crippen LogP contribution >= 0.6 is 0 Å². The summed E-state index contributed by atoms with van der Waals surface area (Å²) in [5.41, 5.74) is 8.85. The molecule has 14 heavy (non-hydrogen) atoms. The van der Waals surface area contributed by atoms with Crippen molar-refractivity contribution in [1.82, 2.24) is 0 Å². The number of nitrogens with one attached hydrogen (secondary N) is 1. The fraction of sp³-hybridized carbons (Fsp3) is 0.455. The first-order valence-electron chi connectivity index (χ1n) is 4.82. The highest BCUT2D eigenvalue weighted by molar-refractivity contribution is 5.48. The maximum atomic E-state index is 9.26. The van der Waals surface area contributed by atoms with Crippen molar-refractivity contribution >= 4 is 5.69 Å². The van der Waals surface area contributed by atoms with Crippen molar-refractivity contribution in [3.8, 4) is 0 Å². The van der Waals surface area contributed by atoms with E-state index >= 15 is 0 Å². The predicted molar refractivity (Wildman–Crippen MR) is 59.5 cm³/mol. The molecule has 3 heteroatoms. The van der Waals surface area contributed by atoms with Crippen molar-refractivity contribution in [2.24, 2.45) is 5.73 Å². The third-order valence-corrected chi connectivity index (χ3v) is 2.32. The zero-order chi connectivity index (χ0) is 10.6. The molecule has 78 valence electrons. The monoisotopic (exact) mass is 194 g/mol. The van der Waals surface area contributed by atoms with Gasteiger partial charge in [-0.3, -0.25) is 0 Å². The highest BCUT2D eigenvalue weighted by Gasteiger charge is 2.00. The molecule has 1 unspecified atom stereocenters. The van der Waals surface area contributed by atoms with Crippen LogP contribution in [0.3, 0.4) is 0 Å². The summed E-state index contributed by atoms with van der Waals surface area (Å²) < 4.78 is 0. The number of aliphatic hydroxyl groups excluding tert-OH is 1. The molecule has 0 aliphatic carbocycles. The van der Waals surface area contributed by atoms with E-state index in [9.17, 15) is 5.11 Å². The van der Waals surface area contributed by atoms with Crippen molar-refractivity contribution in [2.45, 2.75) is 20.0 Å². The van der Waals surface area contributed by atoms with E-state index in [-0.39, 0.29) is 6.54 Å². The summed E-state index contributed by atoms with van der Waals surface area (Å²) in [6.07, 6.45) is -0.475. The Morgan fingerprint density at radius 3 is 2.64 bits per heavy atom. The van der Waals surface area contributed by atoms with E-state index in [2.05, 4.69) is 31.3 Å². The molecular formula is C11H18N2O. The van der Waals surface area contributed by atoms with Gasteiger partial charge in [-0.2, -0.15) is 0 Å². The van der Waals surface area contributed by atoms with Crippen molar-refractivity contribution in [3.63, 3.8) is 0 Å². The Labute approximate surface area is 84.9 Å². The zero-order valence-corrected chi connectivity index (χ0v) is 8.75. The van der Waals surface area contributed by atoms with Crippen molar-refractivity contribution in [3.05, 3.63) is 29.3 Å². The van der Waals surface area contributed by atoms with Gasteiger partial charge in [0.1, 0.15) is 0 Å². The lowest BCUT2D eigenvalue weighted by atomic mass is 10.1. The topological polar surface area (TPSA) is 58.3 Å². The van der Waals surface area contributed by atoms with E-state index in [1.165, 1.54) is 11.1 Å². The van der Waals surface area contributed by atoms with Crippen molar-refractivity contribution in [1.29, 1.82) is 0 Å². The minimum Gasteiger partial charge on any atom is -0.390 e. The molecule has 0 radical (unpaired) electrons. The lowest BCUT2D eigenvalue weighted by Gasteiger charge is -2.11. The molecule has 0 aliphatic rings. The molecular weight excluding hydrogens is 176 g/mol. The zero-order valence-electron chi connectivity index (χ0n) is 8.75. The lowest BCUT2D eigenvalue weighted by Crippen LogP contribution is -2.27. The molecule has 0 fully saturated rings. The average molecular weight is 194 g/mol. The van der Waals surface area contributed by atoms with Gasteiger partial charge in [0.25, 0.3) is 0 Å². The maximum absolute atomic E-state index is 9.26. The van der Waals surface area contributed by atoms with Crippen LogP contribution in [-0.2, 0) is 0 Å². The first kappa shape index (κ1) is 11.0. The summed E-state index contributed by atoms with van der Waals surface area (Å²) in [5.74, 6) is 0. The molecule has 4 N–H and O–H groups in total. The van der Waals surface area contributed by atoms with Gasteiger partial charge in [0.2, 0.25) is 0 Å². The summed E-state index contributed by atoms with van der Waals surface area (Å²) in [4.78, 5) is 0. The standard InChI is InChI=1S/C11H18N2O/c1-8-3-4-10(5-9(8)2)13-7-11(14)6-12/h3-5,11,13-14H,6-7,12H2,1-2H3. The van der Waals surface area contributed by atoms with Gasteiger partial charge in [-0.25, -0.2) is 0 Å². The van der Waals surface area contributed by atoms with Crippen molar-refractivity contribution < 1.29 is 5.11 Å². The Bertz CT molecular complexity index is 299. The third-order valence-electron chi connectivity index (χ3n) is 2.32. The van der Waals surface area contributed by atoms with E-state index < -0.39 is 6.10 Å². The summed E-state index contributed by atoms with van der Waals surface area (Å²) in [7, 11) is 0. The van der Waals surface area contributed by atoms with Gasteiger partial charge in [0.15, 0.2) is 0 Å². The molecule has 1 rings (SSSR count). The first-order chi connectivity index (χ1) is 6.63. The Morgan fingerprint density at radius 2 is 2.07 bits per heavy atom. The Balaban J connectivity index is 2.55. The number of anilines is 1. The Kier molecular flexibility index (Phi) is 3.92. The lowest BCUT2D eigenvalue weighted by molar-refractivity contribution is 0.196. The van der Waals surface area contributed by atoms with Crippen LogP contribution in [0.5, 0.6) is 0 Å². The number of aryl methyl sites for hydroxylation is 2. The second kappa shape index (κ2) is 4.98. The molecule has 3 nitrogen and oxygen atoms in total. The van der Waals surface area contributed by atoms with Gasteiger partial charge in [-0.15, -0.1) is 0 Å². The molecule has 0 saturated heterocycles. The van der Waals surface area contributed by atoms with Gasteiger partial charge in [0, 0.05) is 18.8 Å². The summed E-state index contributed by atoms with van der Waals surface area (Å²) in [5, 5.41) is 12.4. The van der Waals surface area contributed by atoms with E-state index in [4.69, 9.17) is 5.73 Å². The van der Waals surface area contributed by atoms with Crippen LogP contribution in [0.2, 0.25) is 0 Å². The highest BCUT2D eigenvalue weighted by Crippen LogP contribution is 2.13. The number of hydrogen-bond acceptors (Lipinski definition) is 3. The van der Waals surface area contributed by atoms with Crippen LogP contribution in [0.4, 0.5) is 5.69 Å². The maximum Gasteiger partial charge on any atom is 0.0834 e. The predicted octanol–water partition coefficient (Wildman–Crippen LogP) is 1.03. The normalized spacial score (nSPS) is 12.6. The summed E-state index contributed by atoms with van der Waals surface area (Å²) >= 11 is 0. The average Bonchev–Trinajstić information content (AvgIpc) is 2.19. The van der Waals surface area contributed by atoms with Crippen LogP contribution in [-0.4, -0.2) is 24.3 Å². The van der Waals surface area contributed by atoms with Gasteiger partial charge in [-0.1, -0.05) is 6.07 Å². The molecule has 0 bridgehead atoms. The van der Waals surface area contributed by atoms with E-state index in [0.29, 0.717) is 6.54 Å². The molecule has 0 saturated carbocycles. The third kappa shape index (κ3) is 3.01. The van der Waals surface area contributed by atoms with Crippen LogP contribution in [0.15, 0.2) is 18.2 Å². The molecule has 1 atom stereocenters. The minimum atomic E-state index is -0.475. The fourth-order valence-corrected chi connectivity index (χ4v) is 1.17. The van der Waals surface area contributed by atoms with E-state index in [1.54, 1.807) is 0 Å². The molecule has 1 aromatic rings. The summed E-state index contributed by atoms with van der Waals surface area (Å²) in [6, 6.07) is 6.14. The van der Waals surface area contributed by atoms with Crippen molar-refractivity contribution in [2.75, 3.05) is 18.4 Å². The Hall–Kier alpha value is -1.06. The van der Waals surface area contributed by atoms with Crippen LogP contribution in [0.1, 0.15) is 11.1 Å². The number of hydrogen-bond donors (Lipinski definition) is 3. The number of nitrogens with two attached hydrogens (primary N) is 1. The fourth-order valence-electron chi connectivity index (χ4n) is 1.17. The Morgan fingerprint density at radius 1 is 1.36 bits per heavy atom. The molecule has 0 spiro atoms. The minimum absolute atomic E-state index is 0.290. The SMILES string of the molecule is Cc1ccc(NCC(O)CN)cc1C. The van der Waals surface area contributed by atoms with Gasteiger partial charge in [0.05, 0.1) is 6.10 Å². The molecule has 1 aromatic carbocycles. The second-order valence-electron chi connectivity index (χ2n) is 3.57. The van der Waals surface area contributed by atoms with Crippen LogP contribution in [0.25, 0.3) is 0 Å².